The minimum absolute atomic E-state index is 0.321. The first-order chi connectivity index (χ1) is 13.5. The van der Waals surface area contributed by atoms with Crippen LogP contribution in [-0.4, -0.2) is 38.2 Å². The fourth-order valence-electron chi connectivity index (χ4n) is 2.89. The van der Waals surface area contributed by atoms with Gasteiger partial charge in [0, 0.05) is 11.6 Å². The predicted octanol–water partition coefficient (Wildman–Crippen LogP) is 2.57. The smallest absolute Gasteiger partial charge is 0.292 e. The van der Waals surface area contributed by atoms with Gasteiger partial charge in [0.1, 0.15) is 23.8 Å². The molecule has 1 aromatic heterocycles. The average molecular weight is 402 g/mol. The molecule has 0 aliphatic carbocycles. The van der Waals surface area contributed by atoms with Crippen LogP contribution in [0.1, 0.15) is 5.56 Å². The maximum atomic E-state index is 5.71. The van der Waals surface area contributed by atoms with Crippen LogP contribution in [0, 0.1) is 4.84 Å². The Labute approximate surface area is 169 Å². The van der Waals surface area contributed by atoms with Crippen LogP contribution in [0.2, 0.25) is 0 Å². The lowest BCUT2D eigenvalue weighted by Crippen LogP contribution is -3.07. The summed E-state index contributed by atoms with van der Waals surface area (Å²) in [6.07, 6.45) is 0. The summed E-state index contributed by atoms with van der Waals surface area (Å²) in [5, 5.41) is 4.54. The Bertz CT molecular complexity index is 982. The molecule has 28 heavy (non-hydrogen) atoms. The number of hydrogen-bond acceptors (Lipinski definition) is 6. The van der Waals surface area contributed by atoms with E-state index in [1.165, 1.54) is 10.5 Å². The lowest BCUT2D eigenvalue weighted by Gasteiger charge is -2.13. The van der Waals surface area contributed by atoms with Gasteiger partial charge in [-0.05, 0) is 48.6 Å². The molecular formula is C20H24N3O4S+. The molecular weight excluding hydrogens is 378 g/mol. The molecule has 0 fully saturated rings. The maximum Gasteiger partial charge on any atom is 0.292 e. The van der Waals surface area contributed by atoms with E-state index in [0.717, 1.165) is 17.9 Å². The number of methoxy groups -OCH3 is 3. The second-order valence-electron chi connectivity index (χ2n) is 6.38. The van der Waals surface area contributed by atoms with Gasteiger partial charge in [-0.3, -0.25) is 0 Å². The summed E-state index contributed by atoms with van der Waals surface area (Å²) in [6.45, 7) is 1.40. The first kappa shape index (κ1) is 19.9. The van der Waals surface area contributed by atoms with Crippen molar-refractivity contribution in [1.82, 2.24) is 9.78 Å². The molecule has 8 heteroatoms. The summed E-state index contributed by atoms with van der Waals surface area (Å²) in [6, 6.07) is 13.5. The van der Waals surface area contributed by atoms with Crippen LogP contribution >= 0.6 is 12.2 Å². The number of ether oxygens (including phenoxy) is 3. The van der Waals surface area contributed by atoms with Gasteiger partial charge in [0.15, 0.2) is 6.67 Å². The third-order valence-corrected chi connectivity index (χ3v) is 4.62. The van der Waals surface area contributed by atoms with Gasteiger partial charge in [-0.1, -0.05) is 0 Å². The van der Waals surface area contributed by atoms with Crippen molar-refractivity contribution < 1.29 is 23.5 Å². The van der Waals surface area contributed by atoms with Crippen LogP contribution in [0.15, 0.2) is 46.9 Å². The Balaban J connectivity index is 1.76. The Morgan fingerprint density at radius 2 is 1.68 bits per heavy atom. The molecule has 0 bridgehead atoms. The second-order valence-corrected chi connectivity index (χ2v) is 6.73. The zero-order valence-corrected chi connectivity index (χ0v) is 17.2. The van der Waals surface area contributed by atoms with Crippen molar-refractivity contribution in [2.24, 2.45) is 0 Å². The molecule has 0 spiro atoms. The largest absolute Gasteiger partial charge is 0.497 e. The Morgan fingerprint density at radius 3 is 2.32 bits per heavy atom. The zero-order valence-electron chi connectivity index (χ0n) is 16.4. The SMILES string of the molecule is COc1ccc(C[NH+](C)Cn2nc(-c3ccc(OC)cc3OC)oc2=S)cc1. The number of quaternary nitrogens is 1. The topological polar surface area (TPSA) is 63.1 Å². The van der Waals surface area contributed by atoms with Gasteiger partial charge in [0.25, 0.3) is 10.7 Å². The number of nitrogens with zero attached hydrogens (tertiary/aromatic N) is 2. The van der Waals surface area contributed by atoms with E-state index in [2.05, 4.69) is 24.3 Å². The van der Waals surface area contributed by atoms with E-state index in [4.69, 9.17) is 30.8 Å². The van der Waals surface area contributed by atoms with E-state index >= 15 is 0 Å². The van der Waals surface area contributed by atoms with Crippen molar-refractivity contribution in [3.8, 4) is 28.7 Å². The molecule has 0 aliphatic heterocycles. The zero-order chi connectivity index (χ0) is 20.1. The van der Waals surface area contributed by atoms with Crippen molar-refractivity contribution >= 4 is 12.2 Å². The van der Waals surface area contributed by atoms with Crippen LogP contribution in [0.5, 0.6) is 17.2 Å². The second kappa shape index (κ2) is 8.90. The third-order valence-electron chi connectivity index (χ3n) is 4.33. The van der Waals surface area contributed by atoms with E-state index in [-0.39, 0.29) is 0 Å². The molecule has 1 N–H and O–H groups in total. The normalized spacial score (nSPS) is 11.9. The number of nitrogens with one attached hydrogen (secondary N) is 1. The highest BCUT2D eigenvalue weighted by molar-refractivity contribution is 7.71. The van der Waals surface area contributed by atoms with Crippen molar-refractivity contribution in [3.63, 3.8) is 0 Å². The van der Waals surface area contributed by atoms with Gasteiger partial charge in [-0.2, -0.15) is 4.68 Å². The summed E-state index contributed by atoms with van der Waals surface area (Å²) in [7, 11) is 6.94. The maximum absolute atomic E-state index is 5.71. The van der Waals surface area contributed by atoms with Crippen LogP contribution < -0.4 is 19.1 Å². The monoisotopic (exact) mass is 402 g/mol. The lowest BCUT2D eigenvalue weighted by molar-refractivity contribution is -0.917. The van der Waals surface area contributed by atoms with Crippen LogP contribution in [0.3, 0.4) is 0 Å². The Kier molecular flexibility index (Phi) is 6.33. The highest BCUT2D eigenvalue weighted by Gasteiger charge is 2.16. The van der Waals surface area contributed by atoms with Gasteiger partial charge >= 0.3 is 0 Å². The van der Waals surface area contributed by atoms with Gasteiger partial charge in [-0.15, -0.1) is 5.10 Å². The molecule has 0 saturated heterocycles. The lowest BCUT2D eigenvalue weighted by atomic mass is 10.2. The average Bonchev–Trinajstić information content (AvgIpc) is 3.07. The number of rotatable bonds is 8. The number of hydrogen-bond donors (Lipinski definition) is 1. The van der Waals surface area contributed by atoms with E-state index < -0.39 is 0 Å². The molecule has 1 heterocycles. The quantitative estimate of drug-likeness (QED) is 0.585. The van der Waals surface area contributed by atoms with E-state index in [9.17, 15) is 0 Å². The van der Waals surface area contributed by atoms with Crippen molar-refractivity contribution in [3.05, 3.63) is 52.9 Å². The summed E-state index contributed by atoms with van der Waals surface area (Å²) >= 11 is 5.36. The Hall–Kier alpha value is -2.84. The van der Waals surface area contributed by atoms with Crippen molar-refractivity contribution in [2.75, 3.05) is 28.4 Å². The van der Waals surface area contributed by atoms with Crippen LogP contribution in [-0.2, 0) is 13.2 Å². The molecule has 0 radical (unpaired) electrons. The number of benzene rings is 2. The van der Waals surface area contributed by atoms with Gasteiger partial charge < -0.3 is 23.5 Å². The first-order valence-corrected chi connectivity index (χ1v) is 9.19. The van der Waals surface area contributed by atoms with E-state index in [1.54, 1.807) is 32.1 Å². The third kappa shape index (κ3) is 4.52. The summed E-state index contributed by atoms with van der Waals surface area (Å²) in [5.74, 6) is 2.57. The minimum atomic E-state index is 0.321. The van der Waals surface area contributed by atoms with Gasteiger partial charge in [-0.25, -0.2) is 0 Å². The van der Waals surface area contributed by atoms with Gasteiger partial charge in [0.2, 0.25) is 0 Å². The van der Waals surface area contributed by atoms with Crippen LogP contribution in [0.4, 0.5) is 0 Å². The first-order valence-electron chi connectivity index (χ1n) is 8.78. The van der Waals surface area contributed by atoms with Crippen molar-refractivity contribution in [1.29, 1.82) is 0 Å². The molecule has 1 atom stereocenters. The molecule has 3 rings (SSSR count). The number of aromatic nitrogens is 2. The van der Waals surface area contributed by atoms with Crippen molar-refractivity contribution in [2.45, 2.75) is 13.2 Å². The highest BCUT2D eigenvalue weighted by atomic mass is 32.1. The van der Waals surface area contributed by atoms with Gasteiger partial charge in [0.05, 0.1) is 33.9 Å². The van der Waals surface area contributed by atoms with E-state index in [0.29, 0.717) is 28.9 Å². The summed E-state index contributed by atoms with van der Waals surface area (Å²) in [5.41, 5.74) is 1.92. The molecule has 3 aromatic rings. The van der Waals surface area contributed by atoms with E-state index in [1.807, 2.05) is 24.3 Å². The molecule has 2 aromatic carbocycles. The predicted molar refractivity (Wildman–Crippen MR) is 107 cm³/mol. The fraction of sp³-hybridized carbons (Fsp3) is 0.300. The minimum Gasteiger partial charge on any atom is -0.497 e. The fourth-order valence-corrected chi connectivity index (χ4v) is 3.08. The molecule has 148 valence electrons. The van der Waals surface area contributed by atoms with Crippen LogP contribution in [0.25, 0.3) is 11.5 Å². The molecule has 0 aliphatic rings. The standard InChI is InChI=1S/C20H23N3O4S/c1-22(12-14-5-7-15(24-2)8-6-14)13-23-20(28)27-19(21-23)17-10-9-16(25-3)11-18(17)26-4/h5-11H,12-13H2,1-4H3/p+1. The highest BCUT2D eigenvalue weighted by Crippen LogP contribution is 2.32. The summed E-state index contributed by atoms with van der Waals surface area (Å²) < 4.78 is 23.3. The molecule has 7 nitrogen and oxygen atoms in total. The molecule has 0 saturated carbocycles. The summed E-state index contributed by atoms with van der Waals surface area (Å²) in [4.78, 5) is 1.53. The molecule has 1 unspecified atom stereocenters. The Morgan fingerprint density at radius 1 is 1.00 bits per heavy atom. The molecule has 0 amide bonds.